The van der Waals surface area contributed by atoms with Gasteiger partial charge < -0.3 is 19.6 Å². The number of carboxylic acids is 1. The van der Waals surface area contributed by atoms with E-state index >= 15 is 0 Å². The van der Waals surface area contributed by atoms with Crippen molar-refractivity contribution in [2.75, 3.05) is 19.1 Å². The number of carbonyl (C=O) groups is 3. The van der Waals surface area contributed by atoms with Gasteiger partial charge in [-0.2, -0.15) is 0 Å². The molecule has 42 heavy (non-hydrogen) atoms. The smallest absolute Gasteiger partial charge is 0.325 e. The average Bonchev–Trinajstić information content (AvgIpc) is 3.62. The van der Waals surface area contributed by atoms with Gasteiger partial charge in [-0.05, 0) is 69.9 Å². The molecule has 2 amide bonds. The van der Waals surface area contributed by atoms with E-state index < -0.39 is 41.2 Å². The van der Waals surface area contributed by atoms with Crippen LogP contribution in [0.15, 0.2) is 65.3 Å². The Hall–Kier alpha value is -3.86. The quantitative estimate of drug-likeness (QED) is 0.228. The molecule has 0 aliphatic carbocycles. The molecule has 0 spiro atoms. The Morgan fingerprint density at radius 3 is 2.55 bits per heavy atom. The number of aromatic nitrogens is 1. The van der Waals surface area contributed by atoms with Crippen molar-refractivity contribution in [3.63, 3.8) is 0 Å². The van der Waals surface area contributed by atoms with Crippen LogP contribution >= 0.6 is 27.5 Å². The molecule has 0 bridgehead atoms. The average molecular weight is 653 g/mol. The minimum Gasteiger partial charge on any atom is -0.493 e. The molecule has 11 heteroatoms. The number of carbonyl (C=O) groups excluding carboxylic acids is 2. The highest BCUT2D eigenvalue weighted by molar-refractivity contribution is 9.10. The second-order valence-electron chi connectivity index (χ2n) is 10.6. The van der Waals surface area contributed by atoms with Crippen LogP contribution in [0.2, 0.25) is 5.02 Å². The first-order valence-electron chi connectivity index (χ1n) is 13.2. The van der Waals surface area contributed by atoms with Crippen LogP contribution in [0.3, 0.4) is 0 Å². The summed E-state index contributed by atoms with van der Waals surface area (Å²) < 4.78 is 11.6. The predicted molar refractivity (Wildman–Crippen MR) is 161 cm³/mol. The molecule has 3 heterocycles. The first-order valence-corrected chi connectivity index (χ1v) is 14.4. The van der Waals surface area contributed by atoms with E-state index in [2.05, 4.69) is 26.2 Å². The van der Waals surface area contributed by atoms with Gasteiger partial charge in [-0.1, -0.05) is 35.9 Å². The largest absolute Gasteiger partial charge is 0.493 e. The van der Waals surface area contributed by atoms with Crippen molar-refractivity contribution in [1.82, 2.24) is 10.3 Å². The van der Waals surface area contributed by atoms with Crippen molar-refractivity contribution < 1.29 is 29.0 Å². The van der Waals surface area contributed by atoms with Gasteiger partial charge in [0.05, 0.1) is 36.2 Å². The zero-order valence-electron chi connectivity index (χ0n) is 22.9. The minimum atomic E-state index is -1.81. The summed E-state index contributed by atoms with van der Waals surface area (Å²) in [4.78, 5) is 46.1. The van der Waals surface area contributed by atoms with E-state index in [1.54, 1.807) is 36.5 Å². The summed E-state index contributed by atoms with van der Waals surface area (Å²) in [7, 11) is 3.00. The third-order valence-corrected chi connectivity index (χ3v) is 9.40. The fraction of sp³-hybridized carbons (Fsp3) is 0.258. The number of ether oxygens (including phenoxy) is 2. The van der Waals surface area contributed by atoms with Gasteiger partial charge in [-0.15, -0.1) is 0 Å². The number of imide groups is 1. The monoisotopic (exact) mass is 651 g/mol. The number of anilines is 1. The lowest BCUT2D eigenvalue weighted by atomic mass is 9.76. The van der Waals surface area contributed by atoms with Crippen LogP contribution in [-0.2, 0) is 20.8 Å². The number of methoxy groups -OCH3 is 2. The first-order chi connectivity index (χ1) is 20.1. The Morgan fingerprint density at radius 2 is 1.86 bits per heavy atom. The highest BCUT2D eigenvalue weighted by Crippen LogP contribution is 2.52. The molecule has 3 aromatic carbocycles. The lowest BCUT2D eigenvalue weighted by molar-refractivity contribution is -0.148. The number of nitrogens with zero attached hydrogens (tertiary/aromatic N) is 1. The molecule has 2 saturated heterocycles. The molecular weight excluding hydrogens is 626 g/mol. The summed E-state index contributed by atoms with van der Waals surface area (Å²) in [5.41, 5.74) is 1.40. The zero-order chi connectivity index (χ0) is 29.9. The number of H-pyrrole nitrogens is 1. The number of nitrogens with one attached hydrogen (secondary N) is 2. The zero-order valence-corrected chi connectivity index (χ0v) is 25.2. The molecule has 2 fully saturated rings. The highest BCUT2D eigenvalue weighted by Gasteiger charge is 2.68. The second kappa shape index (κ2) is 10.4. The predicted octanol–water partition coefficient (Wildman–Crippen LogP) is 5.43. The summed E-state index contributed by atoms with van der Waals surface area (Å²) in [5, 5.41) is 15.4. The summed E-state index contributed by atoms with van der Waals surface area (Å²) >= 11 is 9.89. The molecule has 216 valence electrons. The van der Waals surface area contributed by atoms with Crippen molar-refractivity contribution in [2.45, 2.75) is 24.9 Å². The number of carboxylic acid groups (broad SMARTS) is 1. The molecule has 1 aromatic heterocycles. The van der Waals surface area contributed by atoms with Gasteiger partial charge in [-0.3, -0.25) is 19.7 Å². The highest BCUT2D eigenvalue weighted by atomic mass is 79.9. The standard InChI is InChI=1S/C31H27BrClN3O6/c1-15-8-9-18(12-21(15)33)36-28(37)24-25(29(36)38)31(30(39)40,13-17-14-34-22-7-5-4-6-19(17)22)35-26(24)16-10-20(32)27(42-3)23(11-16)41-2/h4-12,14,24-26,34-35H,13H2,1-3H3,(H,39,40). The Bertz CT molecular complexity index is 1770. The van der Waals surface area contributed by atoms with E-state index in [4.69, 9.17) is 21.1 Å². The number of hydrogen-bond acceptors (Lipinski definition) is 6. The molecule has 4 atom stereocenters. The normalized spacial score (nSPS) is 23.5. The fourth-order valence-electron chi connectivity index (χ4n) is 6.40. The molecule has 3 N–H and O–H groups in total. The van der Waals surface area contributed by atoms with Gasteiger partial charge in [0.1, 0.15) is 5.54 Å². The third kappa shape index (κ3) is 4.20. The third-order valence-electron chi connectivity index (χ3n) is 8.41. The number of aryl methyl sites for hydroxylation is 1. The van der Waals surface area contributed by atoms with Crippen LogP contribution in [0.1, 0.15) is 22.7 Å². The van der Waals surface area contributed by atoms with Crippen molar-refractivity contribution >= 4 is 61.9 Å². The molecular formula is C31H27BrClN3O6. The summed E-state index contributed by atoms with van der Waals surface area (Å²) in [6, 6.07) is 15.1. The van der Waals surface area contributed by atoms with E-state index in [9.17, 15) is 19.5 Å². The van der Waals surface area contributed by atoms with Gasteiger partial charge in [0.25, 0.3) is 0 Å². The maximum atomic E-state index is 14.3. The topological polar surface area (TPSA) is 121 Å². The number of para-hydroxylation sites is 1. The van der Waals surface area contributed by atoms with Crippen LogP contribution in [-0.4, -0.2) is 47.6 Å². The van der Waals surface area contributed by atoms with Crippen molar-refractivity contribution in [2.24, 2.45) is 11.8 Å². The number of fused-ring (bicyclic) bond motifs is 2. The van der Waals surface area contributed by atoms with Crippen LogP contribution < -0.4 is 19.7 Å². The van der Waals surface area contributed by atoms with Crippen LogP contribution in [0.5, 0.6) is 11.5 Å². The Morgan fingerprint density at radius 1 is 1.10 bits per heavy atom. The molecule has 4 unspecified atom stereocenters. The van der Waals surface area contributed by atoms with Gasteiger partial charge in [-0.25, -0.2) is 4.90 Å². The molecule has 0 saturated carbocycles. The van der Waals surface area contributed by atoms with Crippen molar-refractivity contribution in [1.29, 1.82) is 0 Å². The Kier molecular flexibility index (Phi) is 7.03. The molecule has 2 aliphatic heterocycles. The SMILES string of the molecule is COc1cc(C2NC(Cc3c[nH]c4ccccc34)(C(=O)O)C3C(=O)N(c4ccc(C)c(Cl)c4)C(=O)C23)cc(Br)c1OC. The fourth-order valence-corrected chi connectivity index (χ4v) is 7.19. The van der Waals surface area contributed by atoms with Crippen LogP contribution in [0.4, 0.5) is 5.69 Å². The van der Waals surface area contributed by atoms with Crippen molar-refractivity contribution in [3.8, 4) is 11.5 Å². The van der Waals surface area contributed by atoms with E-state index in [0.717, 1.165) is 21.4 Å². The van der Waals surface area contributed by atoms with E-state index in [-0.39, 0.29) is 6.42 Å². The van der Waals surface area contributed by atoms with Gasteiger partial charge in [0.15, 0.2) is 11.5 Å². The number of aliphatic carboxylic acids is 1. The Labute approximate surface area is 254 Å². The summed E-state index contributed by atoms with van der Waals surface area (Å²) in [5.74, 6) is -3.73. The Balaban J connectivity index is 1.54. The molecule has 6 rings (SSSR count). The number of benzene rings is 3. The first kappa shape index (κ1) is 28.3. The molecule has 4 aromatic rings. The van der Waals surface area contributed by atoms with Crippen molar-refractivity contribution in [3.05, 3.63) is 87.0 Å². The number of amides is 2. The van der Waals surface area contributed by atoms with E-state index in [0.29, 0.717) is 37.8 Å². The molecule has 9 nitrogen and oxygen atoms in total. The van der Waals surface area contributed by atoms with Crippen LogP contribution in [0, 0.1) is 18.8 Å². The van der Waals surface area contributed by atoms with Crippen LogP contribution in [0.25, 0.3) is 10.9 Å². The van der Waals surface area contributed by atoms with Gasteiger partial charge in [0, 0.05) is 34.6 Å². The second-order valence-corrected chi connectivity index (χ2v) is 11.9. The van der Waals surface area contributed by atoms with E-state index in [1.165, 1.54) is 14.2 Å². The number of rotatable bonds is 7. The summed E-state index contributed by atoms with van der Waals surface area (Å²) in [6.45, 7) is 1.82. The lowest BCUT2D eigenvalue weighted by Crippen LogP contribution is -2.57. The van der Waals surface area contributed by atoms with Gasteiger partial charge >= 0.3 is 5.97 Å². The maximum absolute atomic E-state index is 14.3. The maximum Gasteiger partial charge on any atom is 0.325 e. The minimum absolute atomic E-state index is 0.0417. The number of halogens is 2. The molecule has 2 aliphatic rings. The molecule has 0 radical (unpaired) electrons. The number of aromatic amines is 1. The number of hydrogen-bond donors (Lipinski definition) is 3. The van der Waals surface area contributed by atoms with Gasteiger partial charge in [0.2, 0.25) is 11.8 Å². The van der Waals surface area contributed by atoms with E-state index in [1.807, 2.05) is 31.2 Å². The summed E-state index contributed by atoms with van der Waals surface area (Å²) in [6.07, 6.45) is 1.71. The lowest BCUT2D eigenvalue weighted by Gasteiger charge is -2.31.